The first kappa shape index (κ1) is 10.1. The van der Waals surface area contributed by atoms with Crippen molar-refractivity contribution in [1.29, 1.82) is 0 Å². The van der Waals surface area contributed by atoms with Gasteiger partial charge in [0.15, 0.2) is 0 Å². The quantitative estimate of drug-likeness (QED) is 0.828. The minimum atomic E-state index is -0.347. The molecule has 0 aliphatic carbocycles. The number of imide groups is 1. The first-order valence-electron chi connectivity index (χ1n) is 4.39. The van der Waals surface area contributed by atoms with E-state index >= 15 is 0 Å². The van der Waals surface area contributed by atoms with Crippen LogP contribution in [-0.2, 0) is 0 Å². The molecule has 1 aliphatic rings. The van der Waals surface area contributed by atoms with Gasteiger partial charge in [0.25, 0.3) is 5.91 Å². The van der Waals surface area contributed by atoms with Crippen LogP contribution < -0.4 is 5.32 Å². The molecule has 78 valence electrons. The van der Waals surface area contributed by atoms with Crippen molar-refractivity contribution in [3.63, 3.8) is 0 Å². The molecule has 1 aliphatic heterocycles. The van der Waals surface area contributed by atoms with Crippen molar-refractivity contribution in [2.24, 2.45) is 0 Å². The number of hydrogen-bond donors (Lipinski definition) is 1. The Morgan fingerprint density at radius 3 is 2.93 bits per heavy atom. The first-order valence-corrected chi connectivity index (χ1v) is 5.18. The first-order chi connectivity index (χ1) is 7.18. The summed E-state index contributed by atoms with van der Waals surface area (Å²) >= 11 is 3.22. The van der Waals surface area contributed by atoms with E-state index in [-0.39, 0.29) is 11.9 Å². The molecule has 5 nitrogen and oxygen atoms in total. The minimum absolute atomic E-state index is 0.321. The number of carbonyl (C=O) groups excluding carboxylic acids is 2. The molecule has 2 rings (SSSR count). The van der Waals surface area contributed by atoms with Crippen LogP contribution in [0.25, 0.3) is 0 Å². The van der Waals surface area contributed by atoms with Gasteiger partial charge in [0, 0.05) is 30.0 Å². The second-order valence-corrected chi connectivity index (χ2v) is 4.00. The Hall–Kier alpha value is -1.43. The summed E-state index contributed by atoms with van der Waals surface area (Å²) < 4.78 is 0.716. The fraction of sp³-hybridized carbons (Fsp3) is 0.222. The van der Waals surface area contributed by atoms with Crippen molar-refractivity contribution >= 4 is 27.9 Å². The van der Waals surface area contributed by atoms with Gasteiger partial charge in [0.2, 0.25) is 0 Å². The van der Waals surface area contributed by atoms with E-state index in [1.807, 2.05) is 0 Å². The fourth-order valence-corrected chi connectivity index (χ4v) is 1.71. The molecule has 6 heteroatoms. The standard InChI is InChI=1S/C9H8BrN3O2/c10-7-3-6(4-11-5-7)8(14)13-2-1-12-9(13)15/h3-5H,1-2H2,(H,12,15). The molecule has 0 unspecified atom stereocenters. The number of urea groups is 1. The molecule has 0 radical (unpaired) electrons. The summed E-state index contributed by atoms with van der Waals surface area (Å²) in [6.07, 6.45) is 3.03. The number of halogens is 1. The molecule has 0 spiro atoms. The highest BCUT2D eigenvalue weighted by Gasteiger charge is 2.27. The highest BCUT2D eigenvalue weighted by Crippen LogP contribution is 2.12. The van der Waals surface area contributed by atoms with Crippen LogP contribution in [0.2, 0.25) is 0 Å². The Bertz CT molecular complexity index is 422. The summed E-state index contributed by atoms with van der Waals surface area (Å²) in [6, 6.07) is 1.29. The van der Waals surface area contributed by atoms with Crippen molar-refractivity contribution in [1.82, 2.24) is 15.2 Å². The maximum atomic E-state index is 11.8. The number of nitrogens with zero attached hydrogens (tertiary/aromatic N) is 2. The van der Waals surface area contributed by atoms with Gasteiger partial charge in [-0.1, -0.05) is 0 Å². The van der Waals surface area contributed by atoms with Gasteiger partial charge in [0.05, 0.1) is 5.56 Å². The molecule has 0 bridgehead atoms. The molecular weight excluding hydrogens is 262 g/mol. The maximum absolute atomic E-state index is 11.8. The van der Waals surface area contributed by atoms with Crippen molar-refractivity contribution < 1.29 is 9.59 Å². The average molecular weight is 270 g/mol. The highest BCUT2D eigenvalue weighted by molar-refractivity contribution is 9.10. The highest BCUT2D eigenvalue weighted by atomic mass is 79.9. The molecule has 1 fully saturated rings. The minimum Gasteiger partial charge on any atom is -0.336 e. The predicted octanol–water partition coefficient (Wildman–Crippen LogP) is 1.01. The Morgan fingerprint density at radius 1 is 1.53 bits per heavy atom. The average Bonchev–Trinajstić information content (AvgIpc) is 2.63. The van der Waals surface area contributed by atoms with E-state index in [1.165, 1.54) is 11.1 Å². The van der Waals surface area contributed by atoms with Gasteiger partial charge < -0.3 is 5.32 Å². The summed E-state index contributed by atoms with van der Waals surface area (Å²) in [5, 5.41) is 2.57. The SMILES string of the molecule is O=C1NCCN1C(=O)c1cncc(Br)c1. The Labute approximate surface area is 94.6 Å². The second-order valence-electron chi connectivity index (χ2n) is 3.08. The molecule has 3 amide bonds. The number of carbonyl (C=O) groups is 2. The molecule has 1 aromatic heterocycles. The molecule has 0 atom stereocenters. The zero-order valence-electron chi connectivity index (χ0n) is 7.74. The number of aromatic nitrogens is 1. The van der Waals surface area contributed by atoms with E-state index in [1.54, 1.807) is 12.3 Å². The Kier molecular flexibility index (Phi) is 2.68. The van der Waals surface area contributed by atoms with Crippen LogP contribution in [0.15, 0.2) is 22.9 Å². The van der Waals surface area contributed by atoms with E-state index < -0.39 is 0 Å². The largest absolute Gasteiger partial charge is 0.336 e. The van der Waals surface area contributed by atoms with Crippen molar-refractivity contribution in [3.05, 3.63) is 28.5 Å². The Balaban J connectivity index is 2.24. The molecular formula is C9H8BrN3O2. The molecule has 1 saturated heterocycles. The van der Waals surface area contributed by atoms with Crippen molar-refractivity contribution in [2.45, 2.75) is 0 Å². The van der Waals surface area contributed by atoms with Crippen molar-refractivity contribution in [3.8, 4) is 0 Å². The lowest BCUT2D eigenvalue weighted by atomic mass is 10.2. The van der Waals surface area contributed by atoms with Gasteiger partial charge in [-0.25, -0.2) is 4.79 Å². The van der Waals surface area contributed by atoms with Gasteiger partial charge in [-0.15, -0.1) is 0 Å². The zero-order chi connectivity index (χ0) is 10.8. The molecule has 1 aromatic rings. The van der Waals surface area contributed by atoms with E-state index in [2.05, 4.69) is 26.2 Å². The summed E-state index contributed by atoms with van der Waals surface area (Å²) in [5.41, 5.74) is 0.404. The van der Waals surface area contributed by atoms with Crippen LogP contribution in [0.3, 0.4) is 0 Å². The third-order valence-corrected chi connectivity index (χ3v) is 2.49. The van der Waals surface area contributed by atoms with Crippen LogP contribution in [0.5, 0.6) is 0 Å². The van der Waals surface area contributed by atoms with Gasteiger partial charge in [-0.05, 0) is 22.0 Å². The van der Waals surface area contributed by atoms with E-state index in [0.717, 1.165) is 0 Å². The van der Waals surface area contributed by atoms with Gasteiger partial charge in [0.1, 0.15) is 0 Å². The second kappa shape index (κ2) is 3.98. The van der Waals surface area contributed by atoms with E-state index in [9.17, 15) is 9.59 Å². The van der Waals surface area contributed by atoms with Crippen LogP contribution in [0.4, 0.5) is 4.79 Å². The van der Waals surface area contributed by atoms with Crippen LogP contribution in [-0.4, -0.2) is 34.9 Å². The van der Waals surface area contributed by atoms with Crippen LogP contribution in [0.1, 0.15) is 10.4 Å². The van der Waals surface area contributed by atoms with Gasteiger partial charge >= 0.3 is 6.03 Å². The van der Waals surface area contributed by atoms with Crippen LogP contribution >= 0.6 is 15.9 Å². The van der Waals surface area contributed by atoms with Gasteiger partial charge in [-0.3, -0.25) is 14.7 Å². The normalized spacial score (nSPS) is 15.3. The maximum Gasteiger partial charge on any atom is 0.324 e. The monoisotopic (exact) mass is 269 g/mol. The zero-order valence-corrected chi connectivity index (χ0v) is 9.32. The summed E-state index contributed by atoms with van der Waals surface area (Å²) in [4.78, 5) is 28.1. The molecule has 2 heterocycles. The van der Waals surface area contributed by atoms with Crippen molar-refractivity contribution in [2.75, 3.05) is 13.1 Å². The molecule has 1 N–H and O–H groups in total. The summed E-state index contributed by atoms with van der Waals surface area (Å²) in [5.74, 6) is -0.321. The smallest absolute Gasteiger partial charge is 0.324 e. The number of nitrogens with one attached hydrogen (secondary N) is 1. The molecule has 15 heavy (non-hydrogen) atoms. The lowest BCUT2D eigenvalue weighted by molar-refractivity contribution is 0.0829. The number of pyridine rings is 1. The van der Waals surface area contributed by atoms with Crippen LogP contribution in [0, 0.1) is 0 Å². The number of hydrogen-bond acceptors (Lipinski definition) is 3. The summed E-state index contributed by atoms with van der Waals surface area (Å²) in [6.45, 7) is 0.913. The fourth-order valence-electron chi connectivity index (χ4n) is 1.35. The van der Waals surface area contributed by atoms with Gasteiger partial charge in [-0.2, -0.15) is 0 Å². The van der Waals surface area contributed by atoms with E-state index in [0.29, 0.717) is 23.1 Å². The number of rotatable bonds is 1. The Morgan fingerprint density at radius 2 is 2.33 bits per heavy atom. The van der Waals surface area contributed by atoms with E-state index in [4.69, 9.17) is 0 Å². The topological polar surface area (TPSA) is 62.3 Å². The predicted molar refractivity (Wildman–Crippen MR) is 56.4 cm³/mol. The molecule has 0 aromatic carbocycles. The third-order valence-electron chi connectivity index (χ3n) is 2.05. The third kappa shape index (κ3) is 1.99. The number of amides is 3. The molecule has 0 saturated carbocycles. The summed E-state index contributed by atoms with van der Waals surface area (Å²) in [7, 11) is 0. The lowest BCUT2D eigenvalue weighted by Gasteiger charge is -2.11. The lowest BCUT2D eigenvalue weighted by Crippen LogP contribution is -2.34.